The molecule has 0 saturated carbocycles. The second-order valence-corrected chi connectivity index (χ2v) is 9.69. The molecule has 3 amide bonds. The zero-order valence-electron chi connectivity index (χ0n) is 17.1. The van der Waals surface area contributed by atoms with E-state index in [1.807, 2.05) is 33.9 Å². The molecule has 6 nitrogen and oxygen atoms in total. The molecule has 0 bridgehead atoms. The number of hydrogen-bond acceptors (Lipinski definition) is 4. The van der Waals surface area contributed by atoms with Crippen LogP contribution in [0, 0.1) is 12.3 Å². The Morgan fingerprint density at radius 1 is 1.35 bits per heavy atom. The summed E-state index contributed by atoms with van der Waals surface area (Å²) < 4.78 is 2.81. The molecule has 8 heteroatoms. The summed E-state index contributed by atoms with van der Waals surface area (Å²) >= 11 is 4.38. The number of carbonyl (C=O) groups excluding carboxylic acids is 3. The Bertz CT molecular complexity index is 1150. The molecule has 1 aromatic carbocycles. The SMILES string of the molecule is C#CCN1C(=O)S/C(=C\c2cn(CC(=O)N3CCCC[C@@H]3C)c3ccc(Br)cc23)C1=O. The quantitative estimate of drug-likeness (QED) is 0.459. The highest BCUT2D eigenvalue weighted by Crippen LogP contribution is 2.34. The fraction of sp³-hybridized carbons (Fsp3) is 0.348. The lowest BCUT2D eigenvalue weighted by molar-refractivity contribution is -0.135. The normalized spacial score (nSPS) is 20.7. The Labute approximate surface area is 193 Å². The number of hydrogen-bond donors (Lipinski definition) is 0. The van der Waals surface area contributed by atoms with Gasteiger partial charge < -0.3 is 9.47 Å². The van der Waals surface area contributed by atoms with Gasteiger partial charge in [-0.2, -0.15) is 0 Å². The number of rotatable bonds is 4. The minimum Gasteiger partial charge on any atom is -0.338 e. The van der Waals surface area contributed by atoms with Gasteiger partial charge in [-0.1, -0.05) is 21.9 Å². The van der Waals surface area contributed by atoms with Crippen LogP contribution < -0.4 is 0 Å². The van der Waals surface area contributed by atoms with E-state index in [1.165, 1.54) is 0 Å². The number of carbonyl (C=O) groups is 3. The fourth-order valence-electron chi connectivity index (χ4n) is 4.12. The summed E-state index contributed by atoms with van der Waals surface area (Å²) in [4.78, 5) is 41.1. The summed E-state index contributed by atoms with van der Waals surface area (Å²) in [6.07, 6.45) is 12.1. The van der Waals surface area contributed by atoms with Crippen LogP contribution in [0.15, 0.2) is 33.8 Å². The number of nitrogens with zero attached hydrogens (tertiary/aromatic N) is 3. The third kappa shape index (κ3) is 4.30. The van der Waals surface area contributed by atoms with Gasteiger partial charge in [-0.15, -0.1) is 6.42 Å². The number of fused-ring (bicyclic) bond motifs is 1. The highest BCUT2D eigenvalue weighted by Gasteiger charge is 2.34. The van der Waals surface area contributed by atoms with Gasteiger partial charge in [0.15, 0.2) is 0 Å². The van der Waals surface area contributed by atoms with Crippen molar-refractivity contribution in [2.75, 3.05) is 13.1 Å². The van der Waals surface area contributed by atoms with Crippen molar-refractivity contribution in [2.45, 2.75) is 38.8 Å². The van der Waals surface area contributed by atoms with Crippen LogP contribution in [-0.2, 0) is 16.1 Å². The van der Waals surface area contributed by atoms with Crippen LogP contribution in [0.25, 0.3) is 17.0 Å². The first-order valence-corrected chi connectivity index (χ1v) is 11.8. The summed E-state index contributed by atoms with van der Waals surface area (Å²) in [5.74, 6) is 2.05. The first-order chi connectivity index (χ1) is 14.9. The van der Waals surface area contributed by atoms with E-state index in [-0.39, 0.29) is 36.2 Å². The molecule has 2 saturated heterocycles. The number of imide groups is 1. The summed E-state index contributed by atoms with van der Waals surface area (Å²) in [6, 6.07) is 6.09. The molecule has 2 aromatic rings. The van der Waals surface area contributed by atoms with Gasteiger partial charge in [0.25, 0.3) is 11.1 Å². The molecule has 1 aromatic heterocycles. The predicted octanol–water partition coefficient (Wildman–Crippen LogP) is 4.47. The van der Waals surface area contributed by atoms with Crippen molar-refractivity contribution in [1.29, 1.82) is 0 Å². The van der Waals surface area contributed by atoms with Crippen molar-refractivity contribution in [3.05, 3.63) is 39.3 Å². The molecule has 4 rings (SSSR count). The Morgan fingerprint density at radius 2 is 2.16 bits per heavy atom. The topological polar surface area (TPSA) is 62.6 Å². The van der Waals surface area contributed by atoms with Crippen molar-refractivity contribution >= 4 is 61.7 Å². The van der Waals surface area contributed by atoms with E-state index in [1.54, 1.807) is 6.08 Å². The van der Waals surface area contributed by atoms with Crippen LogP contribution in [0.4, 0.5) is 4.79 Å². The number of benzene rings is 1. The van der Waals surface area contributed by atoms with Crippen LogP contribution in [0.1, 0.15) is 31.7 Å². The van der Waals surface area contributed by atoms with Gasteiger partial charge in [-0.05, 0) is 62.2 Å². The lowest BCUT2D eigenvalue weighted by Gasteiger charge is -2.33. The molecule has 31 heavy (non-hydrogen) atoms. The number of piperidine rings is 1. The first kappa shape index (κ1) is 21.7. The monoisotopic (exact) mass is 499 g/mol. The molecular formula is C23H22BrN3O3S. The molecule has 0 aliphatic carbocycles. The molecule has 0 unspecified atom stereocenters. The Hall–Kier alpha value is -2.50. The molecule has 1 atom stereocenters. The van der Waals surface area contributed by atoms with Crippen LogP contribution in [0.5, 0.6) is 0 Å². The van der Waals surface area contributed by atoms with E-state index >= 15 is 0 Å². The maximum absolute atomic E-state index is 13.0. The second kappa shape index (κ2) is 8.93. The molecule has 0 N–H and O–H groups in total. The molecule has 2 aliphatic rings. The van der Waals surface area contributed by atoms with E-state index in [4.69, 9.17) is 6.42 Å². The van der Waals surface area contributed by atoms with Crippen molar-refractivity contribution in [1.82, 2.24) is 14.4 Å². The molecule has 3 heterocycles. The molecule has 2 aliphatic heterocycles. The molecular weight excluding hydrogens is 478 g/mol. The average molecular weight is 500 g/mol. The number of terminal acetylenes is 1. The van der Waals surface area contributed by atoms with Crippen LogP contribution in [0.3, 0.4) is 0 Å². The van der Waals surface area contributed by atoms with Crippen LogP contribution >= 0.6 is 27.7 Å². The van der Waals surface area contributed by atoms with Crippen molar-refractivity contribution in [2.24, 2.45) is 0 Å². The number of likely N-dealkylation sites (tertiary alicyclic amines) is 1. The van der Waals surface area contributed by atoms with Gasteiger partial charge in [0.2, 0.25) is 5.91 Å². The van der Waals surface area contributed by atoms with E-state index < -0.39 is 0 Å². The summed E-state index contributed by atoms with van der Waals surface area (Å²) in [5.41, 5.74) is 1.68. The minimum atomic E-state index is -0.387. The first-order valence-electron chi connectivity index (χ1n) is 10.2. The number of amides is 3. The van der Waals surface area contributed by atoms with Crippen molar-refractivity contribution in [3.8, 4) is 12.3 Å². The summed E-state index contributed by atoms with van der Waals surface area (Å²) in [6.45, 7) is 3.08. The minimum absolute atomic E-state index is 0.0438. The zero-order chi connectivity index (χ0) is 22.1. The Kier molecular flexibility index (Phi) is 6.26. The summed E-state index contributed by atoms with van der Waals surface area (Å²) in [7, 11) is 0. The summed E-state index contributed by atoms with van der Waals surface area (Å²) in [5, 5.41) is 0.533. The molecule has 2 fully saturated rings. The predicted molar refractivity (Wildman–Crippen MR) is 126 cm³/mol. The van der Waals surface area contributed by atoms with E-state index in [0.717, 1.165) is 63.4 Å². The maximum atomic E-state index is 13.0. The van der Waals surface area contributed by atoms with Gasteiger partial charge in [0.1, 0.15) is 6.54 Å². The van der Waals surface area contributed by atoms with E-state index in [2.05, 4.69) is 28.8 Å². The van der Waals surface area contributed by atoms with Crippen molar-refractivity contribution in [3.63, 3.8) is 0 Å². The third-order valence-electron chi connectivity index (χ3n) is 5.71. The number of thioether (sulfide) groups is 1. The van der Waals surface area contributed by atoms with Gasteiger partial charge in [-0.25, -0.2) is 0 Å². The standard InChI is InChI=1S/C23H22BrN3O3S/c1-3-9-27-22(29)20(31-23(27)30)11-16-13-25(19-8-7-17(24)12-18(16)19)14-21(28)26-10-5-4-6-15(26)2/h1,7-8,11-13,15H,4-6,9-10,14H2,2H3/b20-11-/t15-/m0/s1. The lowest BCUT2D eigenvalue weighted by Crippen LogP contribution is -2.43. The van der Waals surface area contributed by atoms with E-state index in [0.29, 0.717) is 4.91 Å². The lowest BCUT2D eigenvalue weighted by atomic mass is 10.0. The zero-order valence-corrected chi connectivity index (χ0v) is 19.5. The number of halogens is 1. The number of aromatic nitrogens is 1. The van der Waals surface area contributed by atoms with Gasteiger partial charge in [0, 0.05) is 39.7 Å². The Morgan fingerprint density at radius 3 is 2.90 bits per heavy atom. The van der Waals surface area contributed by atoms with Gasteiger partial charge in [-0.3, -0.25) is 19.3 Å². The van der Waals surface area contributed by atoms with Crippen LogP contribution in [-0.4, -0.2) is 50.6 Å². The molecule has 0 spiro atoms. The van der Waals surface area contributed by atoms with Gasteiger partial charge >= 0.3 is 0 Å². The second-order valence-electron chi connectivity index (χ2n) is 7.78. The third-order valence-corrected chi connectivity index (χ3v) is 7.11. The van der Waals surface area contributed by atoms with E-state index in [9.17, 15) is 14.4 Å². The average Bonchev–Trinajstić information content (AvgIpc) is 3.20. The Balaban J connectivity index is 1.68. The van der Waals surface area contributed by atoms with Crippen LogP contribution in [0.2, 0.25) is 0 Å². The largest absolute Gasteiger partial charge is 0.338 e. The fourth-order valence-corrected chi connectivity index (χ4v) is 5.31. The van der Waals surface area contributed by atoms with Gasteiger partial charge in [0.05, 0.1) is 11.4 Å². The molecule has 0 radical (unpaired) electrons. The maximum Gasteiger partial charge on any atom is 0.294 e. The highest BCUT2D eigenvalue weighted by molar-refractivity contribution is 9.10. The molecule has 160 valence electrons. The van der Waals surface area contributed by atoms with Crippen molar-refractivity contribution < 1.29 is 14.4 Å². The highest BCUT2D eigenvalue weighted by atomic mass is 79.9. The smallest absolute Gasteiger partial charge is 0.294 e.